The molecule has 1 atom stereocenters. The first kappa shape index (κ1) is 14.8. The molecule has 108 valence electrons. The van der Waals surface area contributed by atoms with Crippen LogP contribution < -0.4 is 5.73 Å². The lowest BCUT2D eigenvalue weighted by atomic mass is 10.0. The normalized spacial score (nSPS) is 26.5. The lowest BCUT2D eigenvalue weighted by Gasteiger charge is -2.27. The Bertz CT molecular complexity index is 541. The minimum Gasteiger partial charge on any atom is -0.330 e. The Labute approximate surface area is 119 Å². The average molecular weight is 306 g/mol. The predicted molar refractivity (Wildman–Crippen MR) is 76.4 cm³/mol. The third kappa shape index (κ3) is 2.95. The molecule has 0 aromatic carbocycles. The van der Waals surface area contributed by atoms with Crippen molar-refractivity contribution in [1.29, 1.82) is 0 Å². The summed E-state index contributed by atoms with van der Waals surface area (Å²) in [6.45, 7) is 0.827. The summed E-state index contributed by atoms with van der Waals surface area (Å²) in [7, 11) is -2.80. The van der Waals surface area contributed by atoms with Crippen molar-refractivity contribution in [2.75, 3.05) is 11.5 Å². The summed E-state index contributed by atoms with van der Waals surface area (Å²) in [6, 6.07) is 0.206. The van der Waals surface area contributed by atoms with Gasteiger partial charge in [0.1, 0.15) is 15.7 Å². The van der Waals surface area contributed by atoms with Gasteiger partial charge in [0.05, 0.1) is 11.5 Å². The summed E-state index contributed by atoms with van der Waals surface area (Å²) in [5.74, 6) is 1.93. The van der Waals surface area contributed by atoms with Crippen molar-refractivity contribution in [3.8, 4) is 0 Å². The largest absolute Gasteiger partial charge is 0.330 e. The average Bonchev–Trinajstić information content (AvgIpc) is 2.72. The molecule has 2 aliphatic heterocycles. The standard InChI is InChI=1S/C12H19N3O2S.ClH/c13-10-1-2-11-7-14-12(15(11)8-10)9-3-5-18(16,17)6-4-9;/h7,9-10H,1-6,8,13H2;1H. The number of fused-ring (bicyclic) bond motifs is 1. The first-order valence-electron chi connectivity index (χ1n) is 6.55. The lowest BCUT2D eigenvalue weighted by molar-refractivity contribution is 0.428. The number of rotatable bonds is 1. The van der Waals surface area contributed by atoms with Crippen molar-refractivity contribution in [1.82, 2.24) is 9.55 Å². The quantitative estimate of drug-likeness (QED) is 0.835. The van der Waals surface area contributed by atoms with Gasteiger partial charge >= 0.3 is 0 Å². The van der Waals surface area contributed by atoms with Gasteiger partial charge in [0.15, 0.2) is 0 Å². The Morgan fingerprint density at radius 1 is 1.26 bits per heavy atom. The summed E-state index contributed by atoms with van der Waals surface area (Å²) < 4.78 is 25.1. The maximum Gasteiger partial charge on any atom is 0.150 e. The van der Waals surface area contributed by atoms with E-state index >= 15 is 0 Å². The molecule has 5 nitrogen and oxygen atoms in total. The molecule has 0 aliphatic carbocycles. The van der Waals surface area contributed by atoms with E-state index in [4.69, 9.17) is 5.73 Å². The Kier molecular flexibility index (Phi) is 4.23. The van der Waals surface area contributed by atoms with Gasteiger partial charge in [-0.25, -0.2) is 13.4 Å². The summed E-state index contributed by atoms with van der Waals surface area (Å²) in [6.07, 6.45) is 5.34. The number of halogens is 1. The SMILES string of the molecule is Cl.NC1CCc2cnc(C3CCS(=O)(=O)CC3)n2C1. The molecule has 0 bridgehead atoms. The van der Waals surface area contributed by atoms with E-state index in [1.807, 2.05) is 6.20 Å². The van der Waals surface area contributed by atoms with Crippen molar-refractivity contribution in [3.63, 3.8) is 0 Å². The van der Waals surface area contributed by atoms with Gasteiger partial charge in [-0.15, -0.1) is 12.4 Å². The van der Waals surface area contributed by atoms with E-state index in [1.54, 1.807) is 0 Å². The molecule has 2 N–H and O–H groups in total. The van der Waals surface area contributed by atoms with Gasteiger partial charge in [-0.3, -0.25) is 0 Å². The maximum atomic E-state index is 11.5. The van der Waals surface area contributed by atoms with Gasteiger partial charge in [-0.2, -0.15) is 0 Å². The number of imidazole rings is 1. The Hall–Kier alpha value is -0.590. The number of aryl methyl sites for hydroxylation is 1. The van der Waals surface area contributed by atoms with Crippen LogP contribution in [0.2, 0.25) is 0 Å². The zero-order chi connectivity index (χ0) is 12.8. The number of hydrogen-bond acceptors (Lipinski definition) is 4. The second-order valence-electron chi connectivity index (χ2n) is 5.44. The van der Waals surface area contributed by atoms with Gasteiger partial charge in [0.25, 0.3) is 0 Å². The van der Waals surface area contributed by atoms with Crippen LogP contribution >= 0.6 is 12.4 Å². The molecule has 1 saturated heterocycles. The zero-order valence-corrected chi connectivity index (χ0v) is 12.4. The van der Waals surface area contributed by atoms with Gasteiger partial charge in [-0.05, 0) is 25.7 Å². The van der Waals surface area contributed by atoms with Crippen molar-refractivity contribution in [2.45, 2.75) is 44.2 Å². The minimum absolute atomic E-state index is 0. The third-order valence-electron chi connectivity index (χ3n) is 4.08. The number of aromatic nitrogens is 2. The molecule has 7 heteroatoms. The van der Waals surface area contributed by atoms with E-state index in [9.17, 15) is 8.42 Å². The van der Waals surface area contributed by atoms with Crippen LogP contribution in [0.3, 0.4) is 0 Å². The molecular weight excluding hydrogens is 286 g/mol. The fourth-order valence-corrected chi connectivity index (χ4v) is 4.46. The smallest absolute Gasteiger partial charge is 0.150 e. The topological polar surface area (TPSA) is 78.0 Å². The van der Waals surface area contributed by atoms with Crippen LogP contribution in [0.1, 0.15) is 36.7 Å². The highest BCUT2D eigenvalue weighted by Gasteiger charge is 2.29. The van der Waals surface area contributed by atoms with Crippen LogP contribution in [-0.2, 0) is 22.8 Å². The van der Waals surface area contributed by atoms with E-state index in [-0.39, 0.29) is 24.4 Å². The van der Waals surface area contributed by atoms with Crippen molar-refractivity contribution < 1.29 is 8.42 Å². The monoisotopic (exact) mass is 305 g/mol. The maximum absolute atomic E-state index is 11.5. The third-order valence-corrected chi connectivity index (χ3v) is 5.79. The summed E-state index contributed by atoms with van der Waals surface area (Å²) in [4.78, 5) is 4.52. The molecular formula is C12H20ClN3O2S. The van der Waals surface area contributed by atoms with E-state index < -0.39 is 9.84 Å². The molecule has 0 radical (unpaired) electrons. The van der Waals surface area contributed by atoms with Gasteiger partial charge < -0.3 is 10.3 Å². The van der Waals surface area contributed by atoms with Gasteiger partial charge in [-0.1, -0.05) is 0 Å². The Balaban J connectivity index is 0.00000133. The second kappa shape index (κ2) is 5.42. The van der Waals surface area contributed by atoms with Crippen LogP contribution in [0, 0.1) is 0 Å². The van der Waals surface area contributed by atoms with Crippen LogP contribution in [0.25, 0.3) is 0 Å². The van der Waals surface area contributed by atoms with E-state index in [2.05, 4.69) is 9.55 Å². The minimum atomic E-state index is -2.80. The first-order chi connectivity index (χ1) is 8.55. The first-order valence-corrected chi connectivity index (χ1v) is 8.37. The van der Waals surface area contributed by atoms with Gasteiger partial charge in [0, 0.05) is 30.4 Å². The molecule has 1 fully saturated rings. The molecule has 3 rings (SSSR count). The second-order valence-corrected chi connectivity index (χ2v) is 7.75. The molecule has 1 aromatic rings. The van der Waals surface area contributed by atoms with Crippen molar-refractivity contribution in [2.24, 2.45) is 5.73 Å². The predicted octanol–water partition coefficient (Wildman–Crippen LogP) is 0.871. The summed E-state index contributed by atoms with van der Waals surface area (Å²) in [5, 5.41) is 0. The van der Waals surface area contributed by atoms with Crippen LogP contribution in [-0.4, -0.2) is 35.5 Å². The fraction of sp³-hybridized carbons (Fsp3) is 0.750. The summed E-state index contributed by atoms with van der Waals surface area (Å²) >= 11 is 0. The van der Waals surface area contributed by atoms with Crippen molar-refractivity contribution >= 4 is 22.2 Å². The van der Waals surface area contributed by atoms with Crippen LogP contribution in [0.5, 0.6) is 0 Å². The van der Waals surface area contributed by atoms with Gasteiger partial charge in [0.2, 0.25) is 0 Å². The number of nitrogens with zero attached hydrogens (tertiary/aromatic N) is 2. The number of nitrogens with two attached hydrogens (primary N) is 1. The highest BCUT2D eigenvalue weighted by atomic mass is 35.5. The Morgan fingerprint density at radius 3 is 2.63 bits per heavy atom. The molecule has 2 aliphatic rings. The zero-order valence-electron chi connectivity index (χ0n) is 10.8. The molecule has 1 aromatic heterocycles. The molecule has 0 amide bonds. The lowest BCUT2D eigenvalue weighted by Crippen LogP contribution is -2.33. The molecule has 1 unspecified atom stereocenters. The molecule has 19 heavy (non-hydrogen) atoms. The Morgan fingerprint density at radius 2 is 1.95 bits per heavy atom. The van der Waals surface area contributed by atoms with Crippen LogP contribution in [0.15, 0.2) is 6.20 Å². The summed E-state index contributed by atoms with van der Waals surface area (Å²) in [5.41, 5.74) is 7.26. The van der Waals surface area contributed by atoms with E-state index in [1.165, 1.54) is 5.69 Å². The van der Waals surface area contributed by atoms with Crippen molar-refractivity contribution in [3.05, 3.63) is 17.7 Å². The highest BCUT2D eigenvalue weighted by molar-refractivity contribution is 7.91. The number of hydrogen-bond donors (Lipinski definition) is 1. The van der Waals surface area contributed by atoms with E-state index in [0.717, 1.165) is 25.2 Å². The van der Waals surface area contributed by atoms with E-state index in [0.29, 0.717) is 24.3 Å². The number of sulfone groups is 1. The molecule has 0 spiro atoms. The highest BCUT2D eigenvalue weighted by Crippen LogP contribution is 2.30. The fourth-order valence-electron chi connectivity index (χ4n) is 2.97. The van der Waals surface area contributed by atoms with Crippen LogP contribution in [0.4, 0.5) is 0 Å². The molecule has 0 saturated carbocycles. The molecule has 3 heterocycles.